The lowest BCUT2D eigenvalue weighted by atomic mass is 10.1. The van der Waals surface area contributed by atoms with Crippen LogP contribution in [0.3, 0.4) is 0 Å². The summed E-state index contributed by atoms with van der Waals surface area (Å²) in [6.45, 7) is 2.52. The summed E-state index contributed by atoms with van der Waals surface area (Å²) in [5.41, 5.74) is 3.26. The van der Waals surface area contributed by atoms with Crippen LogP contribution in [-0.2, 0) is 6.54 Å². The van der Waals surface area contributed by atoms with Crippen molar-refractivity contribution in [2.45, 2.75) is 6.54 Å². The maximum Gasteiger partial charge on any atom is 0.225 e. The molecule has 0 spiro atoms. The molecule has 27 heavy (non-hydrogen) atoms. The minimum absolute atomic E-state index is 0.660. The van der Waals surface area contributed by atoms with Crippen LogP contribution in [0.5, 0.6) is 0 Å². The van der Waals surface area contributed by atoms with Gasteiger partial charge in [-0.25, -0.2) is 4.98 Å². The van der Waals surface area contributed by atoms with Crippen molar-refractivity contribution >= 4 is 11.8 Å². The molecule has 0 amide bonds. The summed E-state index contributed by atoms with van der Waals surface area (Å²) in [7, 11) is 6.18. The van der Waals surface area contributed by atoms with E-state index in [1.54, 1.807) is 0 Å². The van der Waals surface area contributed by atoms with Crippen LogP contribution in [0.4, 0.5) is 11.8 Å². The predicted octanol–water partition coefficient (Wildman–Crippen LogP) is 3.75. The number of nitrogens with one attached hydrogen (secondary N) is 1. The van der Waals surface area contributed by atoms with Crippen molar-refractivity contribution in [3.63, 3.8) is 0 Å². The molecule has 0 aliphatic rings. The summed E-state index contributed by atoms with van der Waals surface area (Å²) in [5, 5.41) is 3.35. The second-order valence-corrected chi connectivity index (χ2v) is 6.87. The van der Waals surface area contributed by atoms with Crippen LogP contribution >= 0.6 is 0 Å². The normalized spacial score (nSPS) is 10.8. The quantitative estimate of drug-likeness (QED) is 0.662. The summed E-state index contributed by atoms with van der Waals surface area (Å²) in [6.07, 6.45) is 0. The van der Waals surface area contributed by atoms with Gasteiger partial charge >= 0.3 is 0 Å². The molecule has 0 radical (unpaired) electrons. The third-order valence-electron chi connectivity index (χ3n) is 4.28. The first-order chi connectivity index (χ1) is 13.1. The minimum Gasteiger partial charge on any atom is -0.355 e. The van der Waals surface area contributed by atoms with Crippen molar-refractivity contribution in [1.29, 1.82) is 0 Å². The highest BCUT2D eigenvalue weighted by Gasteiger charge is 2.10. The third kappa shape index (κ3) is 5.53. The molecule has 140 valence electrons. The van der Waals surface area contributed by atoms with Gasteiger partial charge in [0.05, 0.1) is 5.69 Å². The number of rotatable bonds is 8. The maximum absolute atomic E-state index is 4.74. The Morgan fingerprint density at radius 1 is 0.852 bits per heavy atom. The number of aromatic nitrogens is 2. The molecule has 0 saturated heterocycles. The second-order valence-electron chi connectivity index (χ2n) is 6.87. The Labute approximate surface area is 161 Å². The van der Waals surface area contributed by atoms with E-state index in [0.29, 0.717) is 5.95 Å². The van der Waals surface area contributed by atoms with Gasteiger partial charge < -0.3 is 15.1 Å². The molecule has 1 aromatic heterocycles. The van der Waals surface area contributed by atoms with Gasteiger partial charge in [-0.2, -0.15) is 4.98 Å². The highest BCUT2D eigenvalue weighted by Crippen LogP contribution is 2.23. The van der Waals surface area contributed by atoms with E-state index in [0.717, 1.165) is 36.7 Å². The van der Waals surface area contributed by atoms with Crippen LogP contribution in [0.25, 0.3) is 11.3 Å². The van der Waals surface area contributed by atoms with Crippen molar-refractivity contribution in [1.82, 2.24) is 14.9 Å². The Morgan fingerprint density at radius 3 is 2.19 bits per heavy atom. The van der Waals surface area contributed by atoms with E-state index >= 15 is 0 Å². The number of likely N-dealkylation sites (N-methyl/N-ethyl adjacent to an activating group) is 1. The largest absolute Gasteiger partial charge is 0.355 e. The molecule has 0 unspecified atom stereocenters. The number of nitrogens with zero attached hydrogens (tertiary/aromatic N) is 4. The van der Waals surface area contributed by atoms with E-state index in [1.165, 1.54) is 5.56 Å². The van der Waals surface area contributed by atoms with Crippen molar-refractivity contribution in [2.24, 2.45) is 0 Å². The average Bonchev–Trinajstić information content (AvgIpc) is 2.69. The summed E-state index contributed by atoms with van der Waals surface area (Å²) >= 11 is 0. The molecule has 1 heterocycles. The Bertz CT molecular complexity index is 834. The van der Waals surface area contributed by atoms with Crippen molar-refractivity contribution < 1.29 is 0 Å². The van der Waals surface area contributed by atoms with Gasteiger partial charge in [-0.15, -0.1) is 0 Å². The summed E-state index contributed by atoms with van der Waals surface area (Å²) in [4.78, 5) is 13.7. The zero-order valence-corrected chi connectivity index (χ0v) is 16.3. The van der Waals surface area contributed by atoms with Crippen LogP contribution in [-0.4, -0.2) is 49.1 Å². The molecule has 0 fully saturated rings. The molecule has 0 aliphatic heterocycles. The fourth-order valence-corrected chi connectivity index (χ4v) is 2.80. The molecule has 3 aromatic rings. The first-order valence-corrected chi connectivity index (χ1v) is 9.20. The molecule has 2 aromatic carbocycles. The topological polar surface area (TPSA) is 44.3 Å². The Balaban J connectivity index is 1.86. The second kappa shape index (κ2) is 9.14. The van der Waals surface area contributed by atoms with Crippen LogP contribution in [0.1, 0.15) is 5.56 Å². The lowest BCUT2D eigenvalue weighted by Gasteiger charge is -2.20. The van der Waals surface area contributed by atoms with Gasteiger partial charge in [0.1, 0.15) is 5.82 Å². The Hall–Kier alpha value is -2.92. The van der Waals surface area contributed by atoms with Crippen molar-refractivity contribution in [3.8, 4) is 11.3 Å². The standard InChI is InChI=1S/C22H27N5/c1-26(2)15-14-23-22-24-20(19-12-8-5-9-13-19)16-21(25-22)27(3)17-18-10-6-4-7-11-18/h4-13,16H,14-15,17H2,1-3H3,(H,23,24,25). The van der Waals surface area contributed by atoms with E-state index < -0.39 is 0 Å². The van der Waals surface area contributed by atoms with Gasteiger partial charge in [0, 0.05) is 38.3 Å². The maximum atomic E-state index is 4.74. The van der Waals surface area contributed by atoms with Gasteiger partial charge in [0.15, 0.2) is 0 Å². The Morgan fingerprint density at radius 2 is 1.52 bits per heavy atom. The highest BCUT2D eigenvalue weighted by atomic mass is 15.2. The molecule has 3 rings (SSSR count). The highest BCUT2D eigenvalue weighted by molar-refractivity contribution is 5.64. The molecule has 0 atom stereocenters. The van der Waals surface area contributed by atoms with Gasteiger partial charge in [-0.05, 0) is 19.7 Å². The molecule has 0 saturated carbocycles. The first-order valence-electron chi connectivity index (χ1n) is 9.20. The molecule has 5 nitrogen and oxygen atoms in total. The van der Waals surface area contributed by atoms with Gasteiger partial charge in [0.2, 0.25) is 5.95 Å². The summed E-state index contributed by atoms with van der Waals surface area (Å²) in [5.74, 6) is 1.56. The summed E-state index contributed by atoms with van der Waals surface area (Å²) in [6, 6.07) is 22.7. The molecular weight excluding hydrogens is 334 g/mol. The van der Waals surface area contributed by atoms with Gasteiger partial charge in [-0.3, -0.25) is 0 Å². The van der Waals surface area contributed by atoms with Crippen LogP contribution in [0.15, 0.2) is 66.7 Å². The van der Waals surface area contributed by atoms with Crippen molar-refractivity contribution in [3.05, 3.63) is 72.3 Å². The fraction of sp³-hybridized carbons (Fsp3) is 0.273. The van der Waals surface area contributed by atoms with E-state index in [1.807, 2.05) is 24.3 Å². The van der Waals surface area contributed by atoms with E-state index in [2.05, 4.69) is 78.7 Å². The minimum atomic E-state index is 0.660. The number of benzene rings is 2. The lowest BCUT2D eigenvalue weighted by Crippen LogP contribution is -2.23. The van der Waals surface area contributed by atoms with E-state index in [9.17, 15) is 0 Å². The Kier molecular flexibility index (Phi) is 6.39. The summed E-state index contributed by atoms with van der Waals surface area (Å²) < 4.78 is 0. The molecule has 1 N–H and O–H groups in total. The lowest BCUT2D eigenvalue weighted by molar-refractivity contribution is 0.425. The van der Waals surface area contributed by atoms with Gasteiger partial charge in [-0.1, -0.05) is 60.7 Å². The molecular formula is C22H27N5. The number of anilines is 2. The van der Waals surface area contributed by atoms with Gasteiger partial charge in [0.25, 0.3) is 0 Å². The van der Waals surface area contributed by atoms with E-state index in [-0.39, 0.29) is 0 Å². The molecule has 0 aliphatic carbocycles. The average molecular weight is 361 g/mol. The van der Waals surface area contributed by atoms with Crippen LogP contribution in [0, 0.1) is 0 Å². The molecule has 5 heteroatoms. The number of hydrogen-bond acceptors (Lipinski definition) is 5. The van der Waals surface area contributed by atoms with E-state index in [4.69, 9.17) is 9.97 Å². The van der Waals surface area contributed by atoms with Crippen molar-refractivity contribution in [2.75, 3.05) is 44.4 Å². The number of hydrogen-bond donors (Lipinski definition) is 1. The zero-order chi connectivity index (χ0) is 19.1. The van der Waals surface area contributed by atoms with Crippen LogP contribution in [0.2, 0.25) is 0 Å². The zero-order valence-electron chi connectivity index (χ0n) is 16.3. The monoisotopic (exact) mass is 361 g/mol. The predicted molar refractivity (Wildman–Crippen MR) is 113 cm³/mol. The first kappa shape index (κ1) is 18.9. The molecule has 0 bridgehead atoms. The van der Waals surface area contributed by atoms with Crippen LogP contribution < -0.4 is 10.2 Å². The SMILES string of the molecule is CN(C)CCNc1nc(-c2ccccc2)cc(N(C)Cc2ccccc2)n1. The smallest absolute Gasteiger partial charge is 0.225 e. The third-order valence-corrected chi connectivity index (χ3v) is 4.28. The fourth-order valence-electron chi connectivity index (χ4n) is 2.80.